The summed E-state index contributed by atoms with van der Waals surface area (Å²) in [6.07, 6.45) is 6.05. The van der Waals surface area contributed by atoms with E-state index < -0.39 is 0 Å². The van der Waals surface area contributed by atoms with Gasteiger partial charge in [0.05, 0.1) is 6.54 Å². The van der Waals surface area contributed by atoms with Crippen molar-refractivity contribution in [1.29, 1.82) is 0 Å². The molecule has 0 aliphatic heterocycles. The van der Waals surface area contributed by atoms with E-state index >= 15 is 0 Å². The Morgan fingerprint density at radius 2 is 2.39 bits per heavy atom. The second-order valence-corrected chi connectivity index (χ2v) is 5.21. The molecule has 2 aromatic rings. The summed E-state index contributed by atoms with van der Waals surface area (Å²) in [6.45, 7) is 0.802. The van der Waals surface area contributed by atoms with E-state index in [4.69, 9.17) is 11.6 Å². The van der Waals surface area contributed by atoms with Crippen LogP contribution < -0.4 is 5.32 Å². The van der Waals surface area contributed by atoms with Crippen LogP contribution in [0.5, 0.6) is 0 Å². The van der Waals surface area contributed by atoms with E-state index in [-0.39, 0.29) is 0 Å². The summed E-state index contributed by atoms with van der Waals surface area (Å²) < 4.78 is 2.05. The Balaban J connectivity index is 1.71. The van der Waals surface area contributed by atoms with Gasteiger partial charge in [0.15, 0.2) is 0 Å². The predicted octanol–water partition coefficient (Wildman–Crippen LogP) is 2.85. The molecular weight excluding hydrogens is 246 g/mol. The molecule has 0 fully saturated rings. The van der Waals surface area contributed by atoms with E-state index in [0.29, 0.717) is 6.04 Å². The third-order valence-corrected chi connectivity index (χ3v) is 3.85. The summed E-state index contributed by atoms with van der Waals surface area (Å²) in [4.78, 5) is 4.33. The normalized spacial score (nSPS) is 18.0. The molecule has 1 N–H and O–H groups in total. The highest BCUT2D eigenvalue weighted by Gasteiger charge is 2.22. The van der Waals surface area contributed by atoms with Crippen LogP contribution in [0.25, 0.3) is 0 Å². The van der Waals surface area contributed by atoms with Crippen LogP contribution in [0.1, 0.15) is 29.4 Å². The highest BCUT2D eigenvalue weighted by Crippen LogP contribution is 2.32. The van der Waals surface area contributed by atoms with Crippen molar-refractivity contribution in [3.8, 4) is 0 Å². The highest BCUT2D eigenvalue weighted by molar-refractivity contribution is 6.30. The van der Waals surface area contributed by atoms with Crippen molar-refractivity contribution in [1.82, 2.24) is 14.9 Å². The molecule has 1 unspecified atom stereocenters. The lowest BCUT2D eigenvalue weighted by atomic mass is 10.1. The maximum absolute atomic E-state index is 6.02. The first-order valence-corrected chi connectivity index (χ1v) is 6.60. The molecule has 1 aliphatic rings. The van der Waals surface area contributed by atoms with Gasteiger partial charge < -0.3 is 9.88 Å². The third-order valence-electron chi connectivity index (χ3n) is 3.61. The standard InChI is InChI=1S/C14H16ClN3/c1-18-7-6-16-14(18)9-17-13-5-2-10-8-11(15)3-4-12(10)13/h3-4,6-8,13,17H,2,5,9H2,1H3. The molecule has 0 amide bonds. The predicted molar refractivity (Wildman–Crippen MR) is 72.6 cm³/mol. The number of imidazole rings is 1. The quantitative estimate of drug-likeness (QED) is 0.921. The zero-order valence-electron chi connectivity index (χ0n) is 10.4. The fourth-order valence-corrected chi connectivity index (χ4v) is 2.77. The Hall–Kier alpha value is -1.32. The minimum atomic E-state index is 0.425. The topological polar surface area (TPSA) is 29.9 Å². The molecule has 3 rings (SSSR count). The van der Waals surface area contributed by atoms with Crippen LogP contribution in [0, 0.1) is 0 Å². The van der Waals surface area contributed by atoms with Gasteiger partial charge in [-0.25, -0.2) is 4.98 Å². The Labute approximate surface area is 112 Å². The molecule has 4 heteroatoms. The van der Waals surface area contributed by atoms with Gasteiger partial charge in [-0.1, -0.05) is 17.7 Å². The van der Waals surface area contributed by atoms with E-state index in [0.717, 1.165) is 30.2 Å². The minimum absolute atomic E-state index is 0.425. The van der Waals surface area contributed by atoms with Crippen LogP contribution in [0.2, 0.25) is 5.02 Å². The first kappa shape index (κ1) is 11.8. The van der Waals surface area contributed by atoms with Crippen molar-refractivity contribution in [2.24, 2.45) is 7.05 Å². The Bertz CT molecular complexity index is 562. The fourth-order valence-electron chi connectivity index (χ4n) is 2.58. The number of hydrogen-bond donors (Lipinski definition) is 1. The van der Waals surface area contributed by atoms with E-state index in [1.807, 2.05) is 30.1 Å². The first-order valence-electron chi connectivity index (χ1n) is 6.22. The molecule has 0 radical (unpaired) electrons. The van der Waals surface area contributed by atoms with Crippen LogP contribution in [0.15, 0.2) is 30.6 Å². The molecule has 1 atom stereocenters. The molecule has 1 heterocycles. The monoisotopic (exact) mass is 261 g/mol. The Morgan fingerprint density at radius 1 is 1.50 bits per heavy atom. The summed E-state index contributed by atoms with van der Waals surface area (Å²) in [6, 6.07) is 6.62. The molecule has 94 valence electrons. The number of fused-ring (bicyclic) bond motifs is 1. The van der Waals surface area contributed by atoms with E-state index in [9.17, 15) is 0 Å². The summed E-state index contributed by atoms with van der Waals surface area (Å²) in [5, 5.41) is 4.41. The van der Waals surface area contributed by atoms with E-state index in [2.05, 4.69) is 22.4 Å². The van der Waals surface area contributed by atoms with Crippen molar-refractivity contribution in [3.63, 3.8) is 0 Å². The zero-order chi connectivity index (χ0) is 12.5. The van der Waals surface area contributed by atoms with Crippen molar-refractivity contribution in [2.45, 2.75) is 25.4 Å². The number of aromatic nitrogens is 2. The van der Waals surface area contributed by atoms with Crippen molar-refractivity contribution in [3.05, 3.63) is 52.6 Å². The Kier molecular flexibility index (Phi) is 3.10. The second kappa shape index (κ2) is 4.75. The van der Waals surface area contributed by atoms with Crippen LogP contribution in [0.4, 0.5) is 0 Å². The number of hydrogen-bond acceptors (Lipinski definition) is 2. The molecule has 1 aliphatic carbocycles. The van der Waals surface area contributed by atoms with Gasteiger partial charge in [0.25, 0.3) is 0 Å². The average molecular weight is 262 g/mol. The lowest BCUT2D eigenvalue weighted by Crippen LogP contribution is -2.20. The lowest BCUT2D eigenvalue weighted by molar-refractivity contribution is 0.512. The van der Waals surface area contributed by atoms with Gasteiger partial charge in [-0.2, -0.15) is 0 Å². The van der Waals surface area contributed by atoms with Gasteiger partial charge >= 0.3 is 0 Å². The maximum Gasteiger partial charge on any atom is 0.122 e. The van der Waals surface area contributed by atoms with Crippen LogP contribution >= 0.6 is 11.6 Å². The number of nitrogens with zero attached hydrogens (tertiary/aromatic N) is 2. The van der Waals surface area contributed by atoms with Crippen molar-refractivity contribution < 1.29 is 0 Å². The fraction of sp³-hybridized carbons (Fsp3) is 0.357. The van der Waals surface area contributed by atoms with Gasteiger partial charge in [0.2, 0.25) is 0 Å². The molecule has 3 nitrogen and oxygen atoms in total. The van der Waals surface area contributed by atoms with Gasteiger partial charge in [-0.15, -0.1) is 0 Å². The van der Waals surface area contributed by atoms with E-state index in [1.165, 1.54) is 11.1 Å². The lowest BCUT2D eigenvalue weighted by Gasteiger charge is -2.14. The van der Waals surface area contributed by atoms with Gasteiger partial charge in [-0.05, 0) is 36.1 Å². The van der Waals surface area contributed by atoms with Crippen LogP contribution in [0.3, 0.4) is 0 Å². The summed E-state index contributed by atoms with van der Waals surface area (Å²) in [7, 11) is 2.02. The van der Waals surface area contributed by atoms with E-state index in [1.54, 1.807) is 0 Å². The van der Waals surface area contributed by atoms with Gasteiger partial charge in [-0.3, -0.25) is 0 Å². The zero-order valence-corrected chi connectivity index (χ0v) is 11.1. The average Bonchev–Trinajstić information content (AvgIpc) is 2.93. The van der Waals surface area contributed by atoms with Crippen LogP contribution in [-0.4, -0.2) is 9.55 Å². The number of rotatable bonds is 3. The smallest absolute Gasteiger partial charge is 0.122 e. The highest BCUT2D eigenvalue weighted by atomic mass is 35.5. The SMILES string of the molecule is Cn1ccnc1CNC1CCc2cc(Cl)ccc21. The third kappa shape index (κ3) is 2.16. The minimum Gasteiger partial charge on any atom is -0.337 e. The number of aryl methyl sites for hydroxylation is 2. The number of halogens is 1. The molecule has 1 aromatic carbocycles. The molecule has 0 spiro atoms. The molecule has 18 heavy (non-hydrogen) atoms. The molecule has 0 saturated carbocycles. The summed E-state index contributed by atoms with van der Waals surface area (Å²) >= 11 is 6.02. The summed E-state index contributed by atoms with van der Waals surface area (Å²) in [5.41, 5.74) is 2.76. The molecule has 0 saturated heterocycles. The molecule has 1 aromatic heterocycles. The molecule has 0 bridgehead atoms. The molecular formula is C14H16ClN3. The van der Waals surface area contributed by atoms with Crippen molar-refractivity contribution in [2.75, 3.05) is 0 Å². The second-order valence-electron chi connectivity index (χ2n) is 4.77. The largest absolute Gasteiger partial charge is 0.337 e. The maximum atomic E-state index is 6.02. The number of nitrogens with one attached hydrogen (secondary N) is 1. The number of benzene rings is 1. The summed E-state index contributed by atoms with van der Waals surface area (Å²) in [5.74, 6) is 1.07. The van der Waals surface area contributed by atoms with Gasteiger partial charge in [0.1, 0.15) is 5.82 Å². The Morgan fingerprint density at radius 3 is 3.17 bits per heavy atom. The first-order chi connectivity index (χ1) is 8.74. The van der Waals surface area contributed by atoms with Crippen LogP contribution in [-0.2, 0) is 20.0 Å². The van der Waals surface area contributed by atoms with Gasteiger partial charge in [0, 0.05) is 30.5 Å². The van der Waals surface area contributed by atoms with Crippen molar-refractivity contribution >= 4 is 11.6 Å².